The Morgan fingerprint density at radius 2 is 1.84 bits per heavy atom. The summed E-state index contributed by atoms with van der Waals surface area (Å²) in [6.45, 7) is 4.74. The molecule has 0 saturated heterocycles. The first kappa shape index (κ1) is 22.3. The Balaban J connectivity index is 1.60. The summed E-state index contributed by atoms with van der Waals surface area (Å²) < 4.78 is 32.7. The zero-order chi connectivity index (χ0) is 22.9. The number of hydrogen-bond acceptors (Lipinski definition) is 5. The van der Waals surface area contributed by atoms with E-state index in [9.17, 15) is 18.0 Å². The molecule has 4 rings (SSSR count). The van der Waals surface area contributed by atoms with Gasteiger partial charge in [-0.2, -0.15) is 4.31 Å². The van der Waals surface area contributed by atoms with Crippen LogP contribution in [0.3, 0.4) is 0 Å². The molecule has 0 aromatic heterocycles. The number of aryl methyl sites for hydroxylation is 1. The molecule has 0 N–H and O–H groups in total. The molecule has 0 aliphatic carbocycles. The van der Waals surface area contributed by atoms with Crippen LogP contribution in [-0.2, 0) is 26.0 Å². The Labute approximate surface area is 188 Å². The summed E-state index contributed by atoms with van der Waals surface area (Å²) in [5.41, 5.74) is 2.11. The Kier molecular flexibility index (Phi) is 6.21. The Morgan fingerprint density at radius 1 is 1.09 bits per heavy atom. The highest BCUT2D eigenvalue weighted by molar-refractivity contribution is 7.89. The van der Waals surface area contributed by atoms with Crippen molar-refractivity contribution in [3.8, 4) is 5.75 Å². The molecule has 2 aliphatic heterocycles. The summed E-state index contributed by atoms with van der Waals surface area (Å²) in [7, 11) is -3.57. The SMILES string of the molecule is CCN(CC)S(=O)(=O)c1ccc2c(c1)CCCN2C(=O)CN1C(=O)COc2ccccc21. The number of anilines is 2. The van der Waals surface area contributed by atoms with Gasteiger partial charge >= 0.3 is 0 Å². The molecule has 2 aromatic rings. The quantitative estimate of drug-likeness (QED) is 0.665. The topological polar surface area (TPSA) is 87.2 Å². The average molecular weight is 458 g/mol. The van der Waals surface area contributed by atoms with Crippen LogP contribution in [0.5, 0.6) is 5.75 Å². The van der Waals surface area contributed by atoms with E-state index >= 15 is 0 Å². The normalized spacial score (nSPS) is 15.9. The van der Waals surface area contributed by atoms with Gasteiger partial charge in [0, 0.05) is 25.3 Å². The van der Waals surface area contributed by atoms with Gasteiger partial charge in [0.2, 0.25) is 15.9 Å². The fraction of sp³-hybridized carbons (Fsp3) is 0.391. The predicted octanol–water partition coefficient (Wildman–Crippen LogP) is 2.42. The van der Waals surface area contributed by atoms with E-state index in [0.717, 1.165) is 12.0 Å². The third-order valence-corrected chi connectivity index (χ3v) is 7.96. The Morgan fingerprint density at radius 3 is 2.59 bits per heavy atom. The van der Waals surface area contributed by atoms with Crippen molar-refractivity contribution in [1.29, 1.82) is 0 Å². The van der Waals surface area contributed by atoms with E-state index in [0.29, 0.717) is 43.2 Å². The molecule has 0 atom stereocenters. The number of fused-ring (bicyclic) bond motifs is 2. The minimum atomic E-state index is -3.57. The molecule has 0 unspecified atom stereocenters. The predicted molar refractivity (Wildman–Crippen MR) is 122 cm³/mol. The molecule has 170 valence electrons. The van der Waals surface area contributed by atoms with Crippen molar-refractivity contribution in [3.05, 3.63) is 48.0 Å². The van der Waals surface area contributed by atoms with Gasteiger partial charge in [-0.15, -0.1) is 0 Å². The van der Waals surface area contributed by atoms with Crippen molar-refractivity contribution in [3.63, 3.8) is 0 Å². The lowest BCUT2D eigenvalue weighted by atomic mass is 10.0. The second-order valence-electron chi connectivity index (χ2n) is 7.77. The minimum Gasteiger partial charge on any atom is -0.482 e. The number of sulfonamides is 1. The van der Waals surface area contributed by atoms with Gasteiger partial charge in [0.15, 0.2) is 6.61 Å². The van der Waals surface area contributed by atoms with Crippen LogP contribution < -0.4 is 14.5 Å². The number of rotatable bonds is 6. The molecule has 2 amide bonds. The zero-order valence-electron chi connectivity index (χ0n) is 18.3. The van der Waals surface area contributed by atoms with Gasteiger partial charge in [-0.05, 0) is 48.7 Å². The lowest BCUT2D eigenvalue weighted by Gasteiger charge is -2.34. The van der Waals surface area contributed by atoms with Crippen LogP contribution in [0.4, 0.5) is 11.4 Å². The maximum atomic E-state index is 13.2. The summed E-state index contributed by atoms with van der Waals surface area (Å²) in [6.07, 6.45) is 1.42. The van der Waals surface area contributed by atoms with Crippen molar-refractivity contribution in [2.24, 2.45) is 0 Å². The lowest BCUT2D eigenvalue weighted by Crippen LogP contribution is -2.47. The standard InChI is InChI=1S/C23H27N3O5S/c1-3-24(4-2)32(29,30)18-11-12-19-17(14-18)8-7-13-25(19)22(27)15-26-20-9-5-6-10-21(20)31-16-23(26)28/h5-6,9-12,14H,3-4,7-8,13,15-16H2,1-2H3. The van der Waals surface area contributed by atoms with Crippen molar-refractivity contribution in [1.82, 2.24) is 4.31 Å². The highest BCUT2D eigenvalue weighted by Crippen LogP contribution is 2.33. The van der Waals surface area contributed by atoms with Crippen molar-refractivity contribution >= 4 is 33.2 Å². The highest BCUT2D eigenvalue weighted by Gasteiger charge is 2.31. The number of hydrogen-bond donors (Lipinski definition) is 0. The molecular weight excluding hydrogens is 430 g/mol. The number of para-hydroxylation sites is 2. The van der Waals surface area contributed by atoms with E-state index in [1.807, 2.05) is 19.9 Å². The number of carbonyl (C=O) groups excluding carboxylic acids is 2. The van der Waals surface area contributed by atoms with Gasteiger partial charge in [0.05, 0.1) is 10.6 Å². The van der Waals surface area contributed by atoms with E-state index in [4.69, 9.17) is 4.74 Å². The van der Waals surface area contributed by atoms with E-state index in [-0.39, 0.29) is 29.9 Å². The van der Waals surface area contributed by atoms with E-state index in [2.05, 4.69) is 0 Å². The molecular formula is C23H27N3O5S. The summed E-state index contributed by atoms with van der Waals surface area (Å²) in [5.74, 6) is 0.0931. The van der Waals surface area contributed by atoms with E-state index in [1.54, 1.807) is 41.3 Å². The molecule has 32 heavy (non-hydrogen) atoms. The van der Waals surface area contributed by atoms with Crippen LogP contribution in [0, 0.1) is 0 Å². The van der Waals surface area contributed by atoms with Crippen LogP contribution in [0.1, 0.15) is 25.8 Å². The van der Waals surface area contributed by atoms with Crippen molar-refractivity contribution in [2.75, 3.05) is 42.6 Å². The van der Waals surface area contributed by atoms with E-state index < -0.39 is 10.0 Å². The molecule has 0 bridgehead atoms. The van der Waals surface area contributed by atoms with Crippen LogP contribution in [0.2, 0.25) is 0 Å². The van der Waals surface area contributed by atoms with Gasteiger partial charge in [-0.25, -0.2) is 8.42 Å². The molecule has 0 radical (unpaired) electrons. The number of carbonyl (C=O) groups is 2. The second kappa shape index (κ2) is 8.91. The van der Waals surface area contributed by atoms with Gasteiger partial charge in [0.25, 0.3) is 5.91 Å². The van der Waals surface area contributed by atoms with Crippen molar-refractivity contribution < 1.29 is 22.7 Å². The van der Waals surface area contributed by atoms with Gasteiger partial charge in [-0.3, -0.25) is 14.5 Å². The Bertz CT molecular complexity index is 1140. The molecule has 0 spiro atoms. The van der Waals surface area contributed by atoms with Gasteiger partial charge in [0.1, 0.15) is 12.3 Å². The molecule has 2 aromatic carbocycles. The fourth-order valence-corrected chi connectivity index (χ4v) is 5.76. The average Bonchev–Trinajstić information content (AvgIpc) is 2.80. The fourth-order valence-electron chi connectivity index (χ4n) is 4.25. The van der Waals surface area contributed by atoms with Gasteiger partial charge in [-0.1, -0.05) is 26.0 Å². The van der Waals surface area contributed by atoms with Crippen molar-refractivity contribution in [2.45, 2.75) is 31.6 Å². The smallest absolute Gasteiger partial charge is 0.265 e. The second-order valence-corrected chi connectivity index (χ2v) is 9.70. The van der Waals surface area contributed by atoms with E-state index in [1.165, 1.54) is 9.21 Å². The summed E-state index contributed by atoms with van der Waals surface area (Å²) >= 11 is 0. The van der Waals surface area contributed by atoms with Gasteiger partial charge < -0.3 is 9.64 Å². The van der Waals surface area contributed by atoms with Crippen LogP contribution in [0.15, 0.2) is 47.4 Å². The first-order chi connectivity index (χ1) is 15.4. The highest BCUT2D eigenvalue weighted by atomic mass is 32.2. The monoisotopic (exact) mass is 457 g/mol. The summed E-state index contributed by atoms with van der Waals surface area (Å²) in [4.78, 5) is 29.0. The molecule has 0 saturated carbocycles. The summed E-state index contributed by atoms with van der Waals surface area (Å²) in [5, 5.41) is 0. The maximum absolute atomic E-state index is 13.2. The third kappa shape index (κ3) is 3.98. The van der Waals surface area contributed by atoms with Crippen LogP contribution in [0.25, 0.3) is 0 Å². The number of benzene rings is 2. The molecule has 2 aliphatic rings. The van der Waals surface area contributed by atoms with Crippen LogP contribution >= 0.6 is 0 Å². The number of amides is 2. The summed E-state index contributed by atoms with van der Waals surface area (Å²) in [6, 6.07) is 12.1. The number of ether oxygens (including phenoxy) is 1. The molecule has 8 nitrogen and oxygen atoms in total. The minimum absolute atomic E-state index is 0.0991. The third-order valence-electron chi connectivity index (χ3n) is 5.92. The largest absolute Gasteiger partial charge is 0.482 e. The molecule has 2 heterocycles. The Hall–Kier alpha value is -2.91. The molecule has 9 heteroatoms. The number of nitrogens with zero attached hydrogens (tertiary/aromatic N) is 3. The lowest BCUT2D eigenvalue weighted by molar-refractivity contribution is -0.124. The van der Waals surface area contributed by atoms with Crippen LogP contribution in [-0.4, -0.2) is 57.3 Å². The molecule has 0 fully saturated rings. The first-order valence-corrected chi connectivity index (χ1v) is 12.3. The zero-order valence-corrected chi connectivity index (χ0v) is 19.1. The first-order valence-electron chi connectivity index (χ1n) is 10.8. The maximum Gasteiger partial charge on any atom is 0.265 e.